The summed E-state index contributed by atoms with van der Waals surface area (Å²) in [6.45, 7) is 7.13. The maximum absolute atomic E-state index is 8.76. The third kappa shape index (κ3) is 1.80. The van der Waals surface area contributed by atoms with Gasteiger partial charge in [0.2, 0.25) is 5.95 Å². The summed E-state index contributed by atoms with van der Waals surface area (Å²) in [5.41, 5.74) is 0.927. The van der Waals surface area contributed by atoms with Crippen LogP contribution in [0.1, 0.15) is 39.2 Å². The van der Waals surface area contributed by atoms with Crippen LogP contribution in [0.5, 0.6) is 0 Å². The molecular weight excluding hydrogens is 236 g/mol. The molecule has 0 amide bonds. The standard InChI is InChI=1S/C15H20N4/c1-9-11-4-5-12(15(11,2)3)13(9)19-14-17-7-10(6-16)8-18-14/h7-9,11-13H,4-5H2,1-3H3,(H,17,18,19). The van der Waals surface area contributed by atoms with E-state index in [0.717, 1.165) is 5.92 Å². The zero-order valence-electron chi connectivity index (χ0n) is 11.7. The molecule has 1 N–H and O–H groups in total. The predicted octanol–water partition coefficient (Wildman–Crippen LogP) is 2.83. The van der Waals surface area contributed by atoms with Crippen molar-refractivity contribution in [3.8, 4) is 6.07 Å². The number of nitriles is 1. The van der Waals surface area contributed by atoms with Gasteiger partial charge in [-0.1, -0.05) is 20.8 Å². The van der Waals surface area contributed by atoms with Gasteiger partial charge in [0.05, 0.1) is 18.0 Å². The minimum absolute atomic E-state index is 0.420. The molecule has 0 aromatic carbocycles. The third-order valence-electron chi connectivity index (χ3n) is 5.41. The number of rotatable bonds is 2. The molecule has 0 aliphatic heterocycles. The smallest absolute Gasteiger partial charge is 0.222 e. The molecule has 4 heteroatoms. The number of nitrogens with zero attached hydrogens (tertiary/aromatic N) is 3. The molecule has 0 saturated heterocycles. The van der Waals surface area contributed by atoms with Gasteiger partial charge in [0, 0.05) is 6.04 Å². The number of nitrogens with one attached hydrogen (secondary N) is 1. The van der Waals surface area contributed by atoms with E-state index in [0.29, 0.717) is 34.8 Å². The average molecular weight is 256 g/mol. The number of fused-ring (bicyclic) bond motifs is 2. The van der Waals surface area contributed by atoms with Gasteiger partial charge in [0.1, 0.15) is 6.07 Å². The van der Waals surface area contributed by atoms with Gasteiger partial charge in [-0.25, -0.2) is 9.97 Å². The Balaban J connectivity index is 1.79. The van der Waals surface area contributed by atoms with Gasteiger partial charge < -0.3 is 5.32 Å². The second-order valence-electron chi connectivity index (χ2n) is 6.55. The largest absolute Gasteiger partial charge is 0.351 e. The van der Waals surface area contributed by atoms with Crippen molar-refractivity contribution in [2.45, 2.75) is 39.7 Å². The van der Waals surface area contributed by atoms with Gasteiger partial charge in [-0.3, -0.25) is 0 Å². The molecule has 3 rings (SSSR count). The lowest BCUT2D eigenvalue weighted by Gasteiger charge is -2.29. The quantitative estimate of drug-likeness (QED) is 0.883. The molecule has 1 aromatic rings. The maximum Gasteiger partial charge on any atom is 0.222 e. The fraction of sp³-hybridized carbons (Fsp3) is 0.667. The Morgan fingerprint density at radius 3 is 2.42 bits per heavy atom. The minimum Gasteiger partial charge on any atom is -0.351 e. The van der Waals surface area contributed by atoms with Gasteiger partial charge in [-0.05, 0) is 36.0 Å². The van der Waals surface area contributed by atoms with E-state index in [1.165, 1.54) is 12.8 Å². The Morgan fingerprint density at radius 2 is 1.89 bits per heavy atom. The molecule has 2 aliphatic rings. The van der Waals surface area contributed by atoms with Crippen molar-refractivity contribution in [2.24, 2.45) is 23.2 Å². The zero-order chi connectivity index (χ0) is 13.6. The third-order valence-corrected chi connectivity index (χ3v) is 5.41. The van der Waals surface area contributed by atoms with Crippen LogP contribution in [0.3, 0.4) is 0 Å². The molecule has 2 bridgehead atoms. The van der Waals surface area contributed by atoms with Crippen LogP contribution in [-0.4, -0.2) is 16.0 Å². The number of anilines is 1. The highest BCUT2D eigenvalue weighted by Crippen LogP contribution is 2.60. The average Bonchev–Trinajstić information content (AvgIpc) is 2.79. The van der Waals surface area contributed by atoms with Crippen molar-refractivity contribution < 1.29 is 0 Å². The van der Waals surface area contributed by atoms with E-state index in [4.69, 9.17) is 5.26 Å². The summed E-state index contributed by atoms with van der Waals surface area (Å²) in [5.74, 6) is 2.81. The summed E-state index contributed by atoms with van der Waals surface area (Å²) < 4.78 is 0. The van der Waals surface area contributed by atoms with E-state index >= 15 is 0 Å². The SMILES string of the molecule is CC1C(Nc2ncc(C#N)cn2)C2CCC1C2(C)C. The Morgan fingerprint density at radius 1 is 1.26 bits per heavy atom. The number of aromatic nitrogens is 2. The van der Waals surface area contributed by atoms with Crippen molar-refractivity contribution in [1.29, 1.82) is 5.26 Å². The minimum atomic E-state index is 0.420. The van der Waals surface area contributed by atoms with Crippen molar-refractivity contribution in [1.82, 2.24) is 9.97 Å². The first-order valence-corrected chi connectivity index (χ1v) is 7.02. The van der Waals surface area contributed by atoms with E-state index in [1.807, 2.05) is 6.07 Å². The molecule has 1 heterocycles. The van der Waals surface area contributed by atoms with E-state index in [9.17, 15) is 0 Å². The van der Waals surface area contributed by atoms with Gasteiger partial charge in [-0.2, -0.15) is 5.26 Å². The second-order valence-corrected chi connectivity index (χ2v) is 6.55. The van der Waals surface area contributed by atoms with Gasteiger partial charge >= 0.3 is 0 Å². The molecule has 100 valence electrons. The van der Waals surface area contributed by atoms with Crippen molar-refractivity contribution >= 4 is 5.95 Å². The van der Waals surface area contributed by atoms with E-state index in [-0.39, 0.29) is 0 Å². The van der Waals surface area contributed by atoms with Crippen LogP contribution < -0.4 is 5.32 Å². The first-order chi connectivity index (χ1) is 9.04. The first-order valence-electron chi connectivity index (χ1n) is 7.02. The van der Waals surface area contributed by atoms with Crippen LogP contribution in [0, 0.1) is 34.5 Å². The lowest BCUT2D eigenvalue weighted by Crippen LogP contribution is -2.34. The van der Waals surface area contributed by atoms with Crippen molar-refractivity contribution in [3.05, 3.63) is 18.0 Å². The van der Waals surface area contributed by atoms with Gasteiger partial charge in [0.25, 0.3) is 0 Å². The number of hydrogen-bond donors (Lipinski definition) is 1. The van der Waals surface area contributed by atoms with E-state index in [1.54, 1.807) is 12.4 Å². The molecule has 4 nitrogen and oxygen atoms in total. The van der Waals surface area contributed by atoms with Crippen molar-refractivity contribution in [3.63, 3.8) is 0 Å². The van der Waals surface area contributed by atoms with E-state index in [2.05, 4.69) is 36.1 Å². The Labute approximate surface area is 114 Å². The predicted molar refractivity (Wildman–Crippen MR) is 73.3 cm³/mol. The molecule has 4 atom stereocenters. The Bertz CT molecular complexity index is 514. The van der Waals surface area contributed by atoms with Crippen molar-refractivity contribution in [2.75, 3.05) is 5.32 Å². The van der Waals surface area contributed by atoms with Gasteiger partial charge in [0.15, 0.2) is 0 Å². The van der Waals surface area contributed by atoms with Crippen LogP contribution in [0.25, 0.3) is 0 Å². The summed E-state index contributed by atoms with van der Waals surface area (Å²) in [6.07, 6.45) is 5.82. The molecule has 2 aliphatic carbocycles. The lowest BCUT2D eigenvalue weighted by atomic mass is 9.80. The monoisotopic (exact) mass is 256 g/mol. The molecule has 4 unspecified atom stereocenters. The molecular formula is C15H20N4. The van der Waals surface area contributed by atoms with Crippen LogP contribution >= 0.6 is 0 Å². The first kappa shape index (κ1) is 12.4. The van der Waals surface area contributed by atoms with Gasteiger partial charge in [-0.15, -0.1) is 0 Å². The molecule has 0 spiro atoms. The van der Waals surface area contributed by atoms with Crippen LogP contribution in [0.15, 0.2) is 12.4 Å². The fourth-order valence-electron chi connectivity index (χ4n) is 4.42. The Hall–Kier alpha value is -1.63. The Kier molecular flexibility index (Phi) is 2.74. The zero-order valence-corrected chi connectivity index (χ0v) is 11.7. The van der Waals surface area contributed by atoms with Crippen LogP contribution in [0.4, 0.5) is 5.95 Å². The molecule has 2 fully saturated rings. The highest BCUT2D eigenvalue weighted by Gasteiger charge is 2.57. The van der Waals surface area contributed by atoms with Crippen LogP contribution in [0.2, 0.25) is 0 Å². The fourth-order valence-corrected chi connectivity index (χ4v) is 4.42. The molecule has 1 aromatic heterocycles. The topological polar surface area (TPSA) is 61.6 Å². The normalized spacial score (nSPS) is 35.1. The highest BCUT2D eigenvalue weighted by molar-refractivity contribution is 5.33. The molecule has 2 saturated carbocycles. The molecule has 19 heavy (non-hydrogen) atoms. The second kappa shape index (κ2) is 4.19. The summed E-state index contributed by atoms with van der Waals surface area (Å²) >= 11 is 0. The van der Waals surface area contributed by atoms with E-state index < -0.39 is 0 Å². The lowest BCUT2D eigenvalue weighted by molar-refractivity contribution is 0.241. The van der Waals surface area contributed by atoms with Crippen LogP contribution in [-0.2, 0) is 0 Å². The maximum atomic E-state index is 8.76. The summed E-state index contributed by atoms with van der Waals surface area (Å²) in [6, 6.07) is 2.50. The highest BCUT2D eigenvalue weighted by atomic mass is 15.1. The number of hydrogen-bond acceptors (Lipinski definition) is 4. The summed E-state index contributed by atoms with van der Waals surface area (Å²) in [5, 5.41) is 12.3. The molecule has 0 radical (unpaired) electrons. The summed E-state index contributed by atoms with van der Waals surface area (Å²) in [7, 11) is 0. The summed E-state index contributed by atoms with van der Waals surface area (Å²) in [4.78, 5) is 8.47.